The summed E-state index contributed by atoms with van der Waals surface area (Å²) >= 11 is 11.9. The molecule has 122 valence electrons. The Morgan fingerprint density at radius 3 is 2.52 bits per heavy atom. The van der Waals surface area contributed by atoms with Crippen LogP contribution in [0, 0.1) is 0 Å². The molecule has 0 heterocycles. The molecule has 1 atom stereocenters. The predicted octanol–water partition coefficient (Wildman–Crippen LogP) is 3.99. The highest BCUT2D eigenvalue weighted by Gasteiger charge is 2.18. The molecule has 3 N–H and O–H groups in total. The number of hydrogen-bond donors (Lipinski definition) is 2. The Hall–Kier alpha value is -2.11. The van der Waals surface area contributed by atoms with Gasteiger partial charge >= 0.3 is 0 Å². The third-order valence-corrected chi connectivity index (χ3v) is 3.58. The molecular weight excluding hydrogens is 339 g/mol. The lowest BCUT2D eigenvalue weighted by molar-refractivity contribution is -0.122. The number of nitrogens with one attached hydrogen (secondary N) is 1. The number of carbonyl (C=O) groups excluding carboxylic acids is 1. The van der Waals surface area contributed by atoms with Crippen molar-refractivity contribution in [1.82, 2.24) is 0 Å². The van der Waals surface area contributed by atoms with Gasteiger partial charge in [-0.3, -0.25) is 4.79 Å². The second-order valence-electron chi connectivity index (χ2n) is 4.78. The largest absolute Gasteiger partial charge is 0.495 e. The van der Waals surface area contributed by atoms with Crippen LogP contribution in [0.2, 0.25) is 10.0 Å². The van der Waals surface area contributed by atoms with Crippen LogP contribution in [0.3, 0.4) is 0 Å². The van der Waals surface area contributed by atoms with E-state index in [0.717, 1.165) is 0 Å². The van der Waals surface area contributed by atoms with Crippen LogP contribution in [0.5, 0.6) is 11.5 Å². The van der Waals surface area contributed by atoms with Crippen LogP contribution in [0.15, 0.2) is 36.4 Å². The third-order valence-electron chi connectivity index (χ3n) is 3.05. The average Bonchev–Trinajstić information content (AvgIpc) is 2.50. The molecule has 2 rings (SSSR count). The molecule has 0 aliphatic heterocycles. The van der Waals surface area contributed by atoms with Gasteiger partial charge in [0.1, 0.15) is 11.5 Å². The zero-order chi connectivity index (χ0) is 17.0. The topological polar surface area (TPSA) is 73.6 Å². The number of rotatable bonds is 5. The quantitative estimate of drug-likeness (QED) is 0.796. The summed E-state index contributed by atoms with van der Waals surface area (Å²) in [5, 5.41) is 3.54. The summed E-state index contributed by atoms with van der Waals surface area (Å²) in [6.45, 7) is 1.61. The van der Waals surface area contributed by atoms with Crippen molar-refractivity contribution in [3.63, 3.8) is 0 Å². The maximum atomic E-state index is 12.3. The van der Waals surface area contributed by atoms with Crippen molar-refractivity contribution in [1.29, 1.82) is 0 Å². The molecule has 0 radical (unpaired) electrons. The summed E-state index contributed by atoms with van der Waals surface area (Å²) in [6, 6.07) is 9.75. The smallest absolute Gasteiger partial charge is 0.265 e. The summed E-state index contributed by atoms with van der Waals surface area (Å²) in [7, 11) is 1.51. The average molecular weight is 355 g/mol. The van der Waals surface area contributed by atoms with E-state index in [1.807, 2.05) is 0 Å². The first-order chi connectivity index (χ1) is 10.9. The standard InChI is InChI=1S/C16H16Cl2N2O3/c1-9(23-14-5-3-10(17)7-12(14)18)16(21)20-13-8-11(19)4-6-15(13)22-2/h3-9H,19H2,1-2H3,(H,20,21)/t9-/m1/s1. The molecule has 2 aromatic rings. The highest BCUT2D eigenvalue weighted by atomic mass is 35.5. The van der Waals surface area contributed by atoms with Crippen LogP contribution in [0.4, 0.5) is 11.4 Å². The Kier molecular flexibility index (Phi) is 5.58. The second-order valence-corrected chi connectivity index (χ2v) is 5.63. The fourth-order valence-corrected chi connectivity index (χ4v) is 2.33. The van der Waals surface area contributed by atoms with Gasteiger partial charge in [-0.1, -0.05) is 23.2 Å². The molecule has 0 saturated heterocycles. The monoisotopic (exact) mass is 354 g/mol. The molecule has 23 heavy (non-hydrogen) atoms. The molecule has 0 aliphatic carbocycles. The number of anilines is 2. The lowest BCUT2D eigenvalue weighted by atomic mass is 10.2. The highest BCUT2D eigenvalue weighted by molar-refractivity contribution is 6.35. The maximum absolute atomic E-state index is 12.3. The first kappa shape index (κ1) is 17.2. The summed E-state index contributed by atoms with van der Waals surface area (Å²) < 4.78 is 10.7. The second kappa shape index (κ2) is 7.44. The molecule has 0 saturated carbocycles. The van der Waals surface area contributed by atoms with Gasteiger partial charge in [-0.15, -0.1) is 0 Å². The Bertz CT molecular complexity index is 722. The minimum Gasteiger partial charge on any atom is -0.495 e. The lowest BCUT2D eigenvalue weighted by Gasteiger charge is -2.17. The van der Waals surface area contributed by atoms with Crippen LogP contribution in [-0.4, -0.2) is 19.1 Å². The fourth-order valence-electron chi connectivity index (χ4n) is 1.87. The SMILES string of the molecule is COc1ccc(N)cc1NC(=O)[C@@H](C)Oc1ccc(Cl)cc1Cl. The molecule has 0 unspecified atom stereocenters. The van der Waals surface area contributed by atoms with Crippen molar-refractivity contribution in [2.75, 3.05) is 18.2 Å². The van der Waals surface area contributed by atoms with Gasteiger partial charge in [0.15, 0.2) is 6.10 Å². The molecule has 7 heteroatoms. The third kappa shape index (κ3) is 4.43. The Balaban J connectivity index is 2.10. The van der Waals surface area contributed by atoms with Gasteiger partial charge in [0.2, 0.25) is 0 Å². The molecular formula is C16H16Cl2N2O3. The van der Waals surface area contributed by atoms with E-state index >= 15 is 0 Å². The van der Waals surface area contributed by atoms with Gasteiger partial charge in [-0.25, -0.2) is 0 Å². The van der Waals surface area contributed by atoms with Crippen LogP contribution in [0.1, 0.15) is 6.92 Å². The highest BCUT2D eigenvalue weighted by Crippen LogP contribution is 2.29. The van der Waals surface area contributed by atoms with Crippen LogP contribution >= 0.6 is 23.2 Å². The zero-order valence-electron chi connectivity index (χ0n) is 12.6. The first-order valence-corrected chi connectivity index (χ1v) is 7.52. The number of benzene rings is 2. The normalized spacial score (nSPS) is 11.7. The number of halogens is 2. The van der Waals surface area contributed by atoms with Crippen molar-refractivity contribution in [3.8, 4) is 11.5 Å². The number of methoxy groups -OCH3 is 1. The number of amides is 1. The molecule has 0 aromatic heterocycles. The first-order valence-electron chi connectivity index (χ1n) is 6.77. The van der Waals surface area contributed by atoms with Gasteiger partial charge in [0.25, 0.3) is 5.91 Å². The van der Waals surface area contributed by atoms with Crippen LogP contribution in [0.25, 0.3) is 0 Å². The van der Waals surface area contributed by atoms with Gasteiger partial charge < -0.3 is 20.5 Å². The van der Waals surface area contributed by atoms with Crippen molar-refractivity contribution in [3.05, 3.63) is 46.4 Å². The van der Waals surface area contributed by atoms with Crippen molar-refractivity contribution >= 4 is 40.5 Å². The predicted molar refractivity (Wildman–Crippen MR) is 92.6 cm³/mol. The van der Waals surface area contributed by atoms with E-state index in [2.05, 4.69) is 5.32 Å². The molecule has 0 bridgehead atoms. The molecule has 0 spiro atoms. The minimum atomic E-state index is -0.778. The van der Waals surface area contributed by atoms with Gasteiger partial charge in [0, 0.05) is 10.7 Å². The number of nitrogen functional groups attached to an aromatic ring is 1. The van der Waals surface area contributed by atoms with E-state index in [4.69, 9.17) is 38.4 Å². The van der Waals surface area contributed by atoms with E-state index in [1.54, 1.807) is 43.3 Å². The Morgan fingerprint density at radius 1 is 1.17 bits per heavy atom. The van der Waals surface area contributed by atoms with E-state index in [1.165, 1.54) is 7.11 Å². The zero-order valence-corrected chi connectivity index (χ0v) is 14.1. The van der Waals surface area contributed by atoms with Crippen molar-refractivity contribution < 1.29 is 14.3 Å². The summed E-state index contributed by atoms with van der Waals surface area (Å²) in [4.78, 5) is 12.3. The Morgan fingerprint density at radius 2 is 1.87 bits per heavy atom. The van der Waals surface area contributed by atoms with Gasteiger partial charge in [0.05, 0.1) is 17.8 Å². The lowest BCUT2D eigenvalue weighted by Crippen LogP contribution is -2.30. The minimum absolute atomic E-state index is 0.332. The van der Waals surface area contributed by atoms with Crippen LogP contribution in [-0.2, 0) is 4.79 Å². The maximum Gasteiger partial charge on any atom is 0.265 e. The van der Waals surface area contributed by atoms with Gasteiger partial charge in [-0.05, 0) is 43.3 Å². The molecule has 0 aliphatic rings. The Labute approximate surface area is 144 Å². The molecule has 2 aromatic carbocycles. The summed E-state index contributed by atoms with van der Waals surface area (Å²) in [5.41, 5.74) is 6.70. The van der Waals surface area contributed by atoms with E-state index < -0.39 is 6.10 Å². The number of nitrogens with two attached hydrogens (primary N) is 1. The fraction of sp³-hybridized carbons (Fsp3) is 0.188. The number of carbonyl (C=O) groups is 1. The van der Waals surface area contributed by atoms with E-state index in [0.29, 0.717) is 32.9 Å². The van der Waals surface area contributed by atoms with E-state index in [9.17, 15) is 4.79 Å². The number of hydrogen-bond acceptors (Lipinski definition) is 4. The van der Waals surface area contributed by atoms with E-state index in [-0.39, 0.29) is 5.91 Å². The molecule has 5 nitrogen and oxygen atoms in total. The van der Waals surface area contributed by atoms with Gasteiger partial charge in [-0.2, -0.15) is 0 Å². The molecule has 0 fully saturated rings. The number of ether oxygens (including phenoxy) is 2. The van der Waals surface area contributed by atoms with Crippen LogP contribution < -0.4 is 20.5 Å². The van der Waals surface area contributed by atoms with Crippen molar-refractivity contribution in [2.45, 2.75) is 13.0 Å². The summed E-state index contributed by atoms with van der Waals surface area (Å²) in [6.07, 6.45) is -0.778. The molecule has 1 amide bonds. The van der Waals surface area contributed by atoms with Crippen molar-refractivity contribution in [2.24, 2.45) is 0 Å². The summed E-state index contributed by atoms with van der Waals surface area (Å²) in [5.74, 6) is 0.516.